The molecule has 1 heterocycles. The molecular weight excluding hydrogens is 564 g/mol. The minimum Gasteiger partial charge on any atom is -0.495 e. The number of nitrogens with zero attached hydrogens (tertiary/aromatic N) is 3. The number of hydrogen-bond acceptors (Lipinski definition) is 9. The predicted octanol–water partition coefficient (Wildman–Crippen LogP) is 2.52. The molecule has 0 atom stereocenters. The van der Waals surface area contributed by atoms with E-state index in [0.717, 1.165) is 35.9 Å². The Labute approximate surface area is 234 Å². The molecular formula is C25H34N4O9S2. The summed E-state index contributed by atoms with van der Waals surface area (Å²) in [5, 5.41) is 13.8. The zero-order valence-corrected chi connectivity index (χ0v) is 24.1. The summed E-state index contributed by atoms with van der Waals surface area (Å²) in [5.41, 5.74) is -0.275. The molecule has 13 nitrogen and oxygen atoms in total. The summed E-state index contributed by atoms with van der Waals surface area (Å²) in [6.45, 7) is 1.28. The number of methoxy groups -OCH3 is 1. The van der Waals surface area contributed by atoms with Gasteiger partial charge >= 0.3 is 0 Å². The molecule has 220 valence electrons. The second-order valence-electron chi connectivity index (χ2n) is 9.19. The molecule has 0 aromatic heterocycles. The third-order valence-corrected chi connectivity index (χ3v) is 9.37. The third kappa shape index (κ3) is 8.29. The fourth-order valence-electron chi connectivity index (χ4n) is 4.24. The highest BCUT2D eigenvalue weighted by molar-refractivity contribution is 7.92. The summed E-state index contributed by atoms with van der Waals surface area (Å²) in [7, 11) is -6.02. The molecule has 1 amide bonds. The highest BCUT2D eigenvalue weighted by atomic mass is 32.2. The van der Waals surface area contributed by atoms with Crippen molar-refractivity contribution < 1.29 is 36.0 Å². The summed E-state index contributed by atoms with van der Waals surface area (Å²) in [4.78, 5) is 23.0. The SMILES string of the molecule is COc1ccc([N+](=O)[O-])cc1N(CCCC(=O)NCCOc1ccc(S(=O)(=O)N2CCCCC2)cc1)S(C)(=O)=O. The third-order valence-electron chi connectivity index (χ3n) is 6.28. The summed E-state index contributed by atoms with van der Waals surface area (Å²) >= 11 is 0. The molecule has 0 saturated carbocycles. The highest BCUT2D eigenvalue weighted by Gasteiger charge is 2.26. The first-order valence-corrected chi connectivity index (χ1v) is 16.0. The van der Waals surface area contributed by atoms with Gasteiger partial charge in [0.05, 0.1) is 29.7 Å². The molecule has 1 aliphatic rings. The van der Waals surface area contributed by atoms with Crippen molar-refractivity contribution in [2.45, 2.75) is 37.0 Å². The van der Waals surface area contributed by atoms with Gasteiger partial charge in [0.2, 0.25) is 26.0 Å². The van der Waals surface area contributed by atoms with Crippen LogP contribution in [0, 0.1) is 10.1 Å². The molecule has 0 unspecified atom stereocenters. The van der Waals surface area contributed by atoms with Gasteiger partial charge in [-0.25, -0.2) is 16.8 Å². The Balaban J connectivity index is 1.46. The first-order valence-electron chi connectivity index (χ1n) is 12.7. The van der Waals surface area contributed by atoms with Crippen LogP contribution in [0.15, 0.2) is 47.4 Å². The molecule has 1 fully saturated rings. The van der Waals surface area contributed by atoms with Crippen molar-refractivity contribution in [2.75, 3.05) is 50.5 Å². The second kappa shape index (κ2) is 13.8. The second-order valence-corrected chi connectivity index (χ2v) is 13.0. The van der Waals surface area contributed by atoms with Crippen molar-refractivity contribution in [1.29, 1.82) is 0 Å². The van der Waals surface area contributed by atoms with Crippen LogP contribution in [0.3, 0.4) is 0 Å². The van der Waals surface area contributed by atoms with Gasteiger partial charge in [0.1, 0.15) is 23.8 Å². The van der Waals surface area contributed by atoms with Crippen molar-refractivity contribution >= 4 is 37.3 Å². The normalized spacial score (nSPS) is 14.3. The molecule has 1 N–H and O–H groups in total. The summed E-state index contributed by atoms with van der Waals surface area (Å²) in [5.74, 6) is 0.280. The molecule has 1 saturated heterocycles. The van der Waals surface area contributed by atoms with Crippen LogP contribution < -0.4 is 19.1 Å². The molecule has 0 spiro atoms. The van der Waals surface area contributed by atoms with Gasteiger partial charge in [0.25, 0.3) is 5.69 Å². The number of ether oxygens (including phenoxy) is 2. The van der Waals surface area contributed by atoms with Gasteiger partial charge in [0.15, 0.2) is 0 Å². The number of piperidine rings is 1. The van der Waals surface area contributed by atoms with E-state index in [4.69, 9.17) is 9.47 Å². The molecule has 0 bridgehead atoms. The van der Waals surface area contributed by atoms with Gasteiger partial charge in [-0.1, -0.05) is 6.42 Å². The molecule has 2 aromatic carbocycles. The number of nitro benzene ring substituents is 1. The van der Waals surface area contributed by atoms with Crippen LogP contribution in [-0.4, -0.2) is 78.1 Å². The van der Waals surface area contributed by atoms with E-state index in [1.165, 1.54) is 35.7 Å². The number of nitrogens with one attached hydrogen (secondary N) is 1. The fourth-order valence-corrected chi connectivity index (χ4v) is 6.72. The average molecular weight is 599 g/mol. The van der Waals surface area contributed by atoms with Crippen LogP contribution in [0.4, 0.5) is 11.4 Å². The minimum atomic E-state index is -3.82. The first-order chi connectivity index (χ1) is 18.9. The number of rotatable bonds is 14. The van der Waals surface area contributed by atoms with E-state index in [1.54, 1.807) is 12.1 Å². The Morgan fingerprint density at radius 2 is 1.75 bits per heavy atom. The Hall–Kier alpha value is -3.43. The summed E-state index contributed by atoms with van der Waals surface area (Å²) in [6.07, 6.45) is 3.87. The van der Waals surface area contributed by atoms with Gasteiger partial charge in [-0.05, 0) is 49.6 Å². The average Bonchev–Trinajstić information content (AvgIpc) is 2.93. The van der Waals surface area contributed by atoms with Crippen LogP contribution in [0.5, 0.6) is 11.5 Å². The maximum absolute atomic E-state index is 12.7. The van der Waals surface area contributed by atoms with Gasteiger partial charge in [0, 0.05) is 38.2 Å². The number of sulfonamides is 2. The Kier molecular flexibility index (Phi) is 10.7. The van der Waals surface area contributed by atoms with E-state index in [0.29, 0.717) is 18.8 Å². The van der Waals surface area contributed by atoms with Gasteiger partial charge < -0.3 is 14.8 Å². The topological polar surface area (TPSA) is 165 Å². The number of carbonyl (C=O) groups is 1. The lowest BCUT2D eigenvalue weighted by Crippen LogP contribution is -2.35. The Bertz CT molecular complexity index is 1390. The number of carbonyl (C=O) groups excluding carboxylic acids is 1. The van der Waals surface area contributed by atoms with Crippen LogP contribution in [0.1, 0.15) is 32.1 Å². The number of amides is 1. The van der Waals surface area contributed by atoms with E-state index in [-0.39, 0.29) is 60.5 Å². The van der Waals surface area contributed by atoms with Crippen molar-refractivity contribution in [2.24, 2.45) is 0 Å². The smallest absolute Gasteiger partial charge is 0.271 e. The molecule has 15 heteroatoms. The number of non-ortho nitro benzene ring substituents is 1. The molecule has 1 aliphatic heterocycles. The van der Waals surface area contributed by atoms with Crippen LogP contribution in [0.25, 0.3) is 0 Å². The Morgan fingerprint density at radius 3 is 2.35 bits per heavy atom. The summed E-state index contributed by atoms with van der Waals surface area (Å²) in [6, 6.07) is 9.79. The molecule has 40 heavy (non-hydrogen) atoms. The quantitative estimate of drug-likeness (QED) is 0.195. The monoisotopic (exact) mass is 598 g/mol. The lowest BCUT2D eigenvalue weighted by Gasteiger charge is -2.25. The van der Waals surface area contributed by atoms with Crippen molar-refractivity contribution in [3.05, 3.63) is 52.6 Å². The molecule has 2 aromatic rings. The van der Waals surface area contributed by atoms with Gasteiger partial charge in [-0.3, -0.25) is 19.2 Å². The van der Waals surface area contributed by atoms with Crippen molar-refractivity contribution in [3.8, 4) is 11.5 Å². The summed E-state index contributed by atoms with van der Waals surface area (Å²) < 4.78 is 63.5. The Morgan fingerprint density at radius 1 is 1.07 bits per heavy atom. The standard InChI is InChI=1S/C25H34N4O9S2/c1-37-24-13-8-20(29(31)32)19-23(24)28(39(2,33)34)17-6-7-25(30)26-14-18-38-21-9-11-22(12-10-21)40(35,36)27-15-4-3-5-16-27/h8-13,19H,3-7,14-18H2,1-2H3,(H,26,30). The zero-order chi connectivity index (χ0) is 29.3. The van der Waals surface area contributed by atoms with E-state index < -0.39 is 25.0 Å². The minimum absolute atomic E-state index is 0.00627. The number of benzene rings is 2. The molecule has 0 radical (unpaired) electrons. The van der Waals surface area contributed by atoms with Gasteiger partial charge in [-0.2, -0.15) is 4.31 Å². The lowest BCUT2D eigenvalue weighted by molar-refractivity contribution is -0.384. The molecule has 3 rings (SSSR count). The lowest BCUT2D eigenvalue weighted by atomic mass is 10.2. The number of anilines is 1. The van der Waals surface area contributed by atoms with Gasteiger partial charge in [-0.15, -0.1) is 0 Å². The maximum Gasteiger partial charge on any atom is 0.271 e. The predicted molar refractivity (Wildman–Crippen MR) is 149 cm³/mol. The van der Waals surface area contributed by atoms with Crippen LogP contribution in [-0.2, 0) is 24.8 Å². The largest absolute Gasteiger partial charge is 0.495 e. The van der Waals surface area contributed by atoms with Crippen LogP contribution in [0.2, 0.25) is 0 Å². The molecule has 0 aliphatic carbocycles. The fraction of sp³-hybridized carbons (Fsp3) is 0.480. The van der Waals surface area contributed by atoms with Crippen LogP contribution >= 0.6 is 0 Å². The van der Waals surface area contributed by atoms with E-state index >= 15 is 0 Å². The highest BCUT2D eigenvalue weighted by Crippen LogP contribution is 2.34. The van der Waals surface area contributed by atoms with E-state index in [9.17, 15) is 31.7 Å². The van der Waals surface area contributed by atoms with E-state index in [1.807, 2.05) is 0 Å². The van der Waals surface area contributed by atoms with E-state index in [2.05, 4.69) is 5.32 Å². The maximum atomic E-state index is 12.7. The van der Waals surface area contributed by atoms with Crippen molar-refractivity contribution in [3.63, 3.8) is 0 Å². The zero-order valence-electron chi connectivity index (χ0n) is 22.4. The number of hydrogen-bond donors (Lipinski definition) is 1. The first kappa shape index (κ1) is 31.1. The number of nitro groups is 1. The van der Waals surface area contributed by atoms with Crippen molar-refractivity contribution in [1.82, 2.24) is 9.62 Å².